The van der Waals surface area contributed by atoms with Crippen molar-refractivity contribution in [1.82, 2.24) is 0 Å². The normalized spacial score (nSPS) is 21.9. The number of nitrogens with zero attached hydrogens (tertiary/aromatic N) is 1. The average Bonchev–Trinajstić information content (AvgIpc) is 2.26. The van der Waals surface area contributed by atoms with Crippen molar-refractivity contribution in [3.8, 4) is 6.07 Å². The zero-order valence-electron chi connectivity index (χ0n) is 9.37. The lowest BCUT2D eigenvalue weighted by atomic mass is 10.0. The van der Waals surface area contributed by atoms with Crippen LogP contribution in [0.15, 0.2) is 0 Å². The van der Waals surface area contributed by atoms with Gasteiger partial charge in [-0.25, -0.2) is 0 Å². The first-order valence-corrected chi connectivity index (χ1v) is 6.58. The summed E-state index contributed by atoms with van der Waals surface area (Å²) in [5.74, 6) is 1.11. The van der Waals surface area contributed by atoms with E-state index in [2.05, 4.69) is 6.07 Å². The van der Waals surface area contributed by atoms with Crippen molar-refractivity contribution in [3.63, 3.8) is 0 Å². The second kappa shape index (κ2) is 6.37. The molecule has 1 aliphatic heterocycles. The minimum Gasteiger partial charge on any atom is -0.381 e. The molecule has 1 heterocycles. The van der Waals surface area contributed by atoms with E-state index in [1.165, 1.54) is 12.8 Å². The number of rotatable bonds is 5. The van der Waals surface area contributed by atoms with Gasteiger partial charge in [-0.1, -0.05) is 0 Å². The molecule has 2 N–H and O–H groups in total. The highest BCUT2D eigenvalue weighted by Gasteiger charge is 2.17. The predicted molar refractivity (Wildman–Crippen MR) is 63.7 cm³/mol. The number of thioether (sulfide) groups is 1. The molecule has 4 heteroatoms. The lowest BCUT2D eigenvalue weighted by molar-refractivity contribution is 0.1000. The molecular formula is C11H20N2OS. The van der Waals surface area contributed by atoms with Crippen molar-refractivity contribution < 1.29 is 4.74 Å². The largest absolute Gasteiger partial charge is 0.381 e. The third kappa shape index (κ3) is 5.41. The predicted octanol–water partition coefficient (Wildman–Crippen LogP) is 1.92. The van der Waals surface area contributed by atoms with E-state index in [4.69, 9.17) is 15.7 Å². The molecule has 0 aliphatic carbocycles. The van der Waals surface area contributed by atoms with Crippen molar-refractivity contribution >= 4 is 11.8 Å². The van der Waals surface area contributed by atoms with Crippen LogP contribution in [0.4, 0.5) is 0 Å². The molecule has 0 saturated carbocycles. The Balaban J connectivity index is 2.04. The van der Waals surface area contributed by atoms with Gasteiger partial charge in [0.25, 0.3) is 0 Å². The van der Waals surface area contributed by atoms with Gasteiger partial charge < -0.3 is 10.5 Å². The molecule has 86 valence electrons. The van der Waals surface area contributed by atoms with Crippen LogP contribution >= 0.6 is 11.8 Å². The van der Waals surface area contributed by atoms with Gasteiger partial charge in [-0.05, 0) is 38.4 Å². The van der Waals surface area contributed by atoms with E-state index in [0.717, 1.165) is 37.1 Å². The van der Waals surface area contributed by atoms with Gasteiger partial charge in [-0.3, -0.25) is 0 Å². The molecule has 1 aliphatic rings. The zero-order valence-corrected chi connectivity index (χ0v) is 10.2. The van der Waals surface area contributed by atoms with Gasteiger partial charge in [0.15, 0.2) is 0 Å². The van der Waals surface area contributed by atoms with E-state index in [-0.39, 0.29) is 0 Å². The van der Waals surface area contributed by atoms with Crippen molar-refractivity contribution in [2.45, 2.75) is 43.4 Å². The van der Waals surface area contributed by atoms with Gasteiger partial charge >= 0.3 is 0 Å². The molecule has 1 fully saturated rings. The highest BCUT2D eigenvalue weighted by Crippen LogP contribution is 2.23. The van der Waals surface area contributed by atoms with Crippen LogP contribution in [-0.2, 0) is 4.74 Å². The summed E-state index contributed by atoms with van der Waals surface area (Å²) < 4.78 is 5.30. The smallest absolute Gasteiger partial charge is 0.101 e. The third-order valence-corrected chi connectivity index (χ3v) is 4.08. The fourth-order valence-electron chi connectivity index (χ4n) is 1.59. The van der Waals surface area contributed by atoms with Crippen LogP contribution in [0.2, 0.25) is 0 Å². The summed E-state index contributed by atoms with van der Waals surface area (Å²) in [5, 5.41) is 9.50. The molecule has 0 radical (unpaired) electrons. The van der Waals surface area contributed by atoms with Gasteiger partial charge in [0.1, 0.15) is 5.54 Å². The van der Waals surface area contributed by atoms with Gasteiger partial charge in [0.05, 0.1) is 6.07 Å². The molecule has 1 atom stereocenters. The van der Waals surface area contributed by atoms with Crippen LogP contribution in [0.5, 0.6) is 0 Å². The first-order chi connectivity index (χ1) is 7.14. The number of hydrogen-bond acceptors (Lipinski definition) is 4. The Labute approximate surface area is 96.4 Å². The molecular weight excluding hydrogens is 208 g/mol. The molecule has 0 aromatic rings. The van der Waals surface area contributed by atoms with Crippen LogP contribution in [0.25, 0.3) is 0 Å². The average molecular weight is 228 g/mol. The lowest BCUT2D eigenvalue weighted by Crippen LogP contribution is -2.34. The summed E-state index contributed by atoms with van der Waals surface area (Å²) in [6, 6.07) is 2.13. The van der Waals surface area contributed by atoms with Crippen molar-refractivity contribution in [1.29, 1.82) is 5.26 Å². The van der Waals surface area contributed by atoms with E-state index < -0.39 is 5.54 Å². The molecule has 1 rings (SSSR count). The summed E-state index contributed by atoms with van der Waals surface area (Å²) in [5.41, 5.74) is 5.10. The van der Waals surface area contributed by atoms with Crippen LogP contribution in [0.3, 0.4) is 0 Å². The maximum atomic E-state index is 8.74. The minimum absolute atomic E-state index is 0.643. The Hall–Kier alpha value is -0.240. The molecule has 1 unspecified atom stereocenters. The van der Waals surface area contributed by atoms with E-state index in [1.807, 2.05) is 11.8 Å². The number of hydrogen-bond donors (Lipinski definition) is 1. The van der Waals surface area contributed by atoms with Gasteiger partial charge in [-0.15, -0.1) is 0 Å². The van der Waals surface area contributed by atoms with Crippen LogP contribution < -0.4 is 5.73 Å². The molecule has 15 heavy (non-hydrogen) atoms. The molecule has 0 aromatic heterocycles. The standard InChI is InChI=1S/C11H20N2OS/c1-11(13,9-12)5-2-8-15-10-3-6-14-7-4-10/h10H,2-8,13H2,1H3. The zero-order chi connectivity index (χ0) is 11.1. The Morgan fingerprint density at radius 1 is 1.53 bits per heavy atom. The molecule has 0 spiro atoms. The van der Waals surface area contributed by atoms with Crippen LogP contribution in [0.1, 0.15) is 32.6 Å². The summed E-state index contributed by atoms with van der Waals surface area (Å²) in [4.78, 5) is 0. The molecule has 0 bridgehead atoms. The van der Waals surface area contributed by atoms with Crippen molar-refractivity contribution in [3.05, 3.63) is 0 Å². The first kappa shape index (κ1) is 12.8. The SMILES string of the molecule is CC(N)(C#N)CCCSC1CCOCC1. The van der Waals surface area contributed by atoms with Crippen molar-refractivity contribution in [2.75, 3.05) is 19.0 Å². The van der Waals surface area contributed by atoms with Crippen LogP contribution in [0, 0.1) is 11.3 Å². The highest BCUT2D eigenvalue weighted by molar-refractivity contribution is 7.99. The molecule has 0 aromatic carbocycles. The van der Waals surface area contributed by atoms with Crippen molar-refractivity contribution in [2.24, 2.45) is 5.73 Å². The van der Waals surface area contributed by atoms with E-state index in [0.29, 0.717) is 0 Å². The summed E-state index contributed by atoms with van der Waals surface area (Å²) in [7, 11) is 0. The van der Waals surface area contributed by atoms with Gasteiger partial charge in [0, 0.05) is 18.5 Å². The number of nitriles is 1. The first-order valence-electron chi connectivity index (χ1n) is 5.53. The van der Waals surface area contributed by atoms with Gasteiger partial charge in [0.2, 0.25) is 0 Å². The summed E-state index contributed by atoms with van der Waals surface area (Å²) >= 11 is 2.00. The Kier molecular flexibility index (Phi) is 5.44. The number of nitrogens with two attached hydrogens (primary N) is 1. The fourth-order valence-corrected chi connectivity index (χ4v) is 2.76. The summed E-state index contributed by atoms with van der Waals surface area (Å²) in [6.07, 6.45) is 4.16. The molecule has 1 saturated heterocycles. The Bertz CT molecular complexity index is 219. The van der Waals surface area contributed by atoms with E-state index in [9.17, 15) is 0 Å². The highest BCUT2D eigenvalue weighted by atomic mass is 32.2. The number of ether oxygens (including phenoxy) is 1. The topological polar surface area (TPSA) is 59.0 Å². The molecule has 3 nitrogen and oxygen atoms in total. The Morgan fingerprint density at radius 3 is 2.80 bits per heavy atom. The quantitative estimate of drug-likeness (QED) is 0.730. The second-order valence-electron chi connectivity index (χ2n) is 4.32. The maximum absolute atomic E-state index is 8.74. The third-order valence-electron chi connectivity index (χ3n) is 2.62. The maximum Gasteiger partial charge on any atom is 0.101 e. The second-order valence-corrected chi connectivity index (χ2v) is 5.72. The Morgan fingerprint density at radius 2 is 2.20 bits per heavy atom. The minimum atomic E-state index is -0.643. The van der Waals surface area contributed by atoms with E-state index in [1.54, 1.807) is 6.92 Å². The molecule has 0 amide bonds. The van der Waals surface area contributed by atoms with E-state index >= 15 is 0 Å². The fraction of sp³-hybridized carbons (Fsp3) is 0.909. The van der Waals surface area contributed by atoms with Gasteiger partial charge in [-0.2, -0.15) is 17.0 Å². The van der Waals surface area contributed by atoms with Crippen LogP contribution in [-0.4, -0.2) is 29.8 Å². The monoisotopic (exact) mass is 228 g/mol. The summed E-state index contributed by atoms with van der Waals surface area (Å²) in [6.45, 7) is 3.61. The lowest BCUT2D eigenvalue weighted by Gasteiger charge is -2.22.